The molecule has 2 unspecified atom stereocenters. The molecule has 2 rings (SSSR count). The quantitative estimate of drug-likeness (QED) is 0.872. The Hall–Kier alpha value is -1.01. The standard InChI is InChI=1S/C11H18F2N4/c1-8-4-9(5-14)6-16(8)7-10-15-2-3-17(10)11(12)13/h2-3,8-9,11H,4-7,14H2,1H3. The molecule has 1 aliphatic heterocycles. The SMILES string of the molecule is CC1CC(CN)CN1Cc1nccn1C(F)F. The van der Waals surface area contributed by atoms with E-state index in [2.05, 4.69) is 16.8 Å². The first-order valence-corrected chi connectivity index (χ1v) is 5.85. The lowest BCUT2D eigenvalue weighted by Gasteiger charge is -2.20. The molecule has 0 amide bonds. The van der Waals surface area contributed by atoms with Crippen molar-refractivity contribution in [2.45, 2.75) is 32.5 Å². The second kappa shape index (κ2) is 5.10. The highest BCUT2D eigenvalue weighted by atomic mass is 19.3. The summed E-state index contributed by atoms with van der Waals surface area (Å²) in [7, 11) is 0. The lowest BCUT2D eigenvalue weighted by atomic mass is 10.1. The van der Waals surface area contributed by atoms with Crippen LogP contribution in [0, 0.1) is 5.92 Å². The van der Waals surface area contributed by atoms with Crippen molar-refractivity contribution in [3.63, 3.8) is 0 Å². The molecule has 2 N–H and O–H groups in total. The second-order valence-electron chi connectivity index (χ2n) is 4.64. The Bertz CT molecular complexity index is 366. The van der Waals surface area contributed by atoms with E-state index in [9.17, 15) is 8.78 Å². The van der Waals surface area contributed by atoms with Gasteiger partial charge in [-0.15, -0.1) is 0 Å². The maximum absolute atomic E-state index is 12.7. The third-order valence-corrected chi connectivity index (χ3v) is 3.43. The third kappa shape index (κ3) is 2.63. The van der Waals surface area contributed by atoms with Crippen LogP contribution < -0.4 is 5.73 Å². The van der Waals surface area contributed by atoms with Crippen LogP contribution in [0.5, 0.6) is 0 Å². The zero-order valence-corrected chi connectivity index (χ0v) is 9.89. The number of nitrogens with two attached hydrogens (primary N) is 1. The Kier molecular flexibility index (Phi) is 3.73. The molecule has 1 fully saturated rings. The van der Waals surface area contributed by atoms with Gasteiger partial charge in [-0.1, -0.05) is 0 Å². The van der Waals surface area contributed by atoms with Gasteiger partial charge in [-0.3, -0.25) is 9.47 Å². The maximum Gasteiger partial charge on any atom is 0.319 e. The Morgan fingerprint density at radius 3 is 2.94 bits per heavy atom. The van der Waals surface area contributed by atoms with Crippen molar-refractivity contribution in [2.75, 3.05) is 13.1 Å². The van der Waals surface area contributed by atoms with E-state index in [-0.39, 0.29) is 0 Å². The summed E-state index contributed by atoms with van der Waals surface area (Å²) in [6, 6.07) is 0.381. The van der Waals surface area contributed by atoms with Gasteiger partial charge < -0.3 is 5.73 Å². The predicted octanol–water partition coefficient (Wildman–Crippen LogP) is 1.45. The van der Waals surface area contributed by atoms with Gasteiger partial charge in [-0.2, -0.15) is 8.78 Å². The minimum absolute atomic E-state index is 0.381. The van der Waals surface area contributed by atoms with Crippen molar-refractivity contribution in [1.82, 2.24) is 14.5 Å². The molecule has 1 aliphatic rings. The molecule has 17 heavy (non-hydrogen) atoms. The van der Waals surface area contributed by atoms with Crippen LogP contribution in [-0.4, -0.2) is 33.6 Å². The highest BCUT2D eigenvalue weighted by Crippen LogP contribution is 2.24. The van der Waals surface area contributed by atoms with Crippen LogP contribution in [0.2, 0.25) is 0 Å². The number of hydrogen-bond acceptors (Lipinski definition) is 3. The summed E-state index contributed by atoms with van der Waals surface area (Å²) in [6.07, 6.45) is 3.77. The van der Waals surface area contributed by atoms with Gasteiger partial charge in [-0.25, -0.2) is 4.98 Å². The highest BCUT2D eigenvalue weighted by molar-refractivity contribution is 4.95. The van der Waals surface area contributed by atoms with Crippen molar-refractivity contribution < 1.29 is 8.78 Å². The lowest BCUT2D eigenvalue weighted by Crippen LogP contribution is -2.29. The van der Waals surface area contributed by atoms with Gasteiger partial charge in [0.05, 0.1) is 6.54 Å². The topological polar surface area (TPSA) is 47.1 Å². The molecule has 96 valence electrons. The van der Waals surface area contributed by atoms with Crippen molar-refractivity contribution in [1.29, 1.82) is 0 Å². The molecule has 4 nitrogen and oxygen atoms in total. The van der Waals surface area contributed by atoms with Gasteiger partial charge in [-0.05, 0) is 25.8 Å². The third-order valence-electron chi connectivity index (χ3n) is 3.43. The number of imidazole rings is 1. The maximum atomic E-state index is 12.7. The fourth-order valence-electron chi connectivity index (χ4n) is 2.43. The first kappa shape index (κ1) is 12.4. The van der Waals surface area contributed by atoms with Crippen molar-refractivity contribution in [3.05, 3.63) is 18.2 Å². The number of aromatic nitrogens is 2. The first-order chi connectivity index (χ1) is 8.11. The molecule has 0 bridgehead atoms. The zero-order valence-electron chi connectivity index (χ0n) is 9.89. The molecular weight excluding hydrogens is 226 g/mol. The molecule has 6 heteroatoms. The summed E-state index contributed by atoms with van der Waals surface area (Å²) < 4.78 is 26.2. The number of hydrogen-bond donors (Lipinski definition) is 1. The van der Waals surface area contributed by atoms with E-state index in [4.69, 9.17) is 5.73 Å². The van der Waals surface area contributed by atoms with Crippen LogP contribution in [-0.2, 0) is 6.54 Å². The Balaban J connectivity index is 2.03. The molecule has 0 aliphatic carbocycles. The number of alkyl halides is 2. The van der Waals surface area contributed by atoms with Crippen LogP contribution in [0.3, 0.4) is 0 Å². The Morgan fingerprint density at radius 2 is 2.35 bits per heavy atom. The van der Waals surface area contributed by atoms with Crippen molar-refractivity contribution >= 4 is 0 Å². The zero-order chi connectivity index (χ0) is 12.4. The fraction of sp³-hybridized carbons (Fsp3) is 0.727. The van der Waals surface area contributed by atoms with E-state index in [0.717, 1.165) is 17.5 Å². The van der Waals surface area contributed by atoms with Gasteiger partial charge >= 0.3 is 6.55 Å². The molecular formula is C11H18F2N4. The predicted molar refractivity (Wildman–Crippen MR) is 60.5 cm³/mol. The summed E-state index contributed by atoms with van der Waals surface area (Å²) in [5.41, 5.74) is 5.64. The van der Waals surface area contributed by atoms with E-state index < -0.39 is 6.55 Å². The van der Waals surface area contributed by atoms with Gasteiger partial charge in [0.1, 0.15) is 5.82 Å². The minimum atomic E-state index is -2.52. The van der Waals surface area contributed by atoms with Crippen LogP contribution in [0.15, 0.2) is 12.4 Å². The monoisotopic (exact) mass is 244 g/mol. The van der Waals surface area contributed by atoms with Gasteiger partial charge in [0.2, 0.25) is 0 Å². The van der Waals surface area contributed by atoms with Gasteiger partial charge in [0, 0.05) is 25.0 Å². The summed E-state index contributed by atoms with van der Waals surface area (Å²) in [5, 5.41) is 0. The molecule has 2 heterocycles. The van der Waals surface area contributed by atoms with Crippen molar-refractivity contribution in [2.24, 2.45) is 11.7 Å². The largest absolute Gasteiger partial charge is 0.330 e. The van der Waals surface area contributed by atoms with Crippen LogP contribution in [0.4, 0.5) is 8.78 Å². The molecule has 1 saturated heterocycles. The number of likely N-dealkylation sites (tertiary alicyclic amines) is 1. The van der Waals surface area contributed by atoms with Gasteiger partial charge in [0.25, 0.3) is 0 Å². The molecule has 1 aromatic heterocycles. The smallest absolute Gasteiger partial charge is 0.319 e. The normalized spacial score (nSPS) is 25.9. The van der Waals surface area contributed by atoms with Crippen LogP contribution in [0.1, 0.15) is 25.7 Å². The fourth-order valence-corrected chi connectivity index (χ4v) is 2.43. The lowest BCUT2D eigenvalue weighted by molar-refractivity contribution is 0.0635. The first-order valence-electron chi connectivity index (χ1n) is 5.85. The molecule has 0 aromatic carbocycles. The second-order valence-corrected chi connectivity index (χ2v) is 4.64. The number of nitrogens with zero attached hydrogens (tertiary/aromatic N) is 3. The average molecular weight is 244 g/mol. The van der Waals surface area contributed by atoms with Crippen LogP contribution >= 0.6 is 0 Å². The number of halogens is 2. The summed E-state index contributed by atoms with van der Waals surface area (Å²) >= 11 is 0. The van der Waals surface area contributed by atoms with Gasteiger partial charge in [0.15, 0.2) is 0 Å². The van der Waals surface area contributed by atoms with Crippen LogP contribution in [0.25, 0.3) is 0 Å². The number of rotatable bonds is 4. The van der Waals surface area contributed by atoms with E-state index in [1.54, 1.807) is 0 Å². The summed E-state index contributed by atoms with van der Waals surface area (Å²) in [4.78, 5) is 6.16. The van der Waals surface area contributed by atoms with E-state index in [0.29, 0.717) is 30.9 Å². The Labute approximate surface area is 99.4 Å². The van der Waals surface area contributed by atoms with E-state index in [1.165, 1.54) is 12.4 Å². The van der Waals surface area contributed by atoms with Crippen molar-refractivity contribution in [3.8, 4) is 0 Å². The highest BCUT2D eigenvalue weighted by Gasteiger charge is 2.29. The Morgan fingerprint density at radius 1 is 1.59 bits per heavy atom. The molecule has 1 aromatic rings. The average Bonchev–Trinajstić information content (AvgIpc) is 2.87. The molecule has 0 radical (unpaired) electrons. The molecule has 0 spiro atoms. The van der Waals surface area contributed by atoms with E-state index >= 15 is 0 Å². The minimum Gasteiger partial charge on any atom is -0.330 e. The summed E-state index contributed by atoms with van der Waals surface area (Å²) in [5.74, 6) is 0.893. The molecule has 0 saturated carbocycles. The molecule has 2 atom stereocenters. The summed E-state index contributed by atoms with van der Waals surface area (Å²) in [6.45, 7) is 1.58. The van der Waals surface area contributed by atoms with E-state index in [1.807, 2.05) is 0 Å².